The fraction of sp³-hybridized carbons (Fsp3) is 0. The van der Waals surface area contributed by atoms with Crippen LogP contribution in [-0.4, -0.2) is 8.42 Å². The zero-order valence-corrected chi connectivity index (χ0v) is 9.75. The third-order valence-corrected chi connectivity index (χ3v) is 3.62. The molecule has 0 aliphatic rings. The first-order chi connectivity index (χ1) is 6.36. The zero-order chi connectivity index (χ0) is 10.9. The lowest BCUT2D eigenvalue weighted by Gasteiger charge is -2.03. The summed E-state index contributed by atoms with van der Waals surface area (Å²) in [4.78, 5) is -0.251. The van der Waals surface area contributed by atoms with Crippen molar-refractivity contribution < 1.29 is 8.42 Å². The molecule has 0 radical (unpaired) electrons. The molecule has 0 spiro atoms. The fourth-order valence-corrected chi connectivity index (χ4v) is 2.80. The van der Waals surface area contributed by atoms with Gasteiger partial charge in [0.15, 0.2) is 0 Å². The minimum atomic E-state index is -3.93. The summed E-state index contributed by atoms with van der Waals surface area (Å²) in [6.45, 7) is 0. The van der Waals surface area contributed by atoms with E-state index in [0.29, 0.717) is 0 Å². The van der Waals surface area contributed by atoms with E-state index in [0.717, 1.165) is 6.07 Å². The van der Waals surface area contributed by atoms with E-state index in [2.05, 4.69) is 12.6 Å². The summed E-state index contributed by atoms with van der Waals surface area (Å²) < 4.78 is 22.0. The van der Waals surface area contributed by atoms with Gasteiger partial charge in [-0.25, -0.2) is 8.42 Å². The molecule has 0 aromatic heterocycles. The first-order valence-corrected chi connectivity index (χ1v) is 6.37. The standard InChI is InChI=1S/C7H3Cl2NO2S2/c8-5-1-4(3-10)7(13)6(2-5)14(9,11)12/h1-2,13H. The average Bonchev–Trinajstić information content (AvgIpc) is 2.06. The van der Waals surface area contributed by atoms with Crippen molar-refractivity contribution in [2.75, 3.05) is 0 Å². The van der Waals surface area contributed by atoms with Crippen LogP contribution in [0, 0.1) is 11.3 Å². The van der Waals surface area contributed by atoms with Crippen molar-refractivity contribution in [3.05, 3.63) is 22.7 Å². The normalized spacial score (nSPS) is 11.0. The fourth-order valence-electron chi connectivity index (χ4n) is 0.845. The summed E-state index contributed by atoms with van der Waals surface area (Å²) in [7, 11) is 1.19. The summed E-state index contributed by atoms with van der Waals surface area (Å²) >= 11 is 9.49. The van der Waals surface area contributed by atoms with Crippen molar-refractivity contribution in [1.29, 1.82) is 5.26 Å². The highest BCUT2D eigenvalue weighted by atomic mass is 35.7. The molecule has 0 saturated carbocycles. The van der Waals surface area contributed by atoms with Gasteiger partial charge >= 0.3 is 0 Å². The molecule has 1 aromatic carbocycles. The zero-order valence-electron chi connectivity index (χ0n) is 6.53. The average molecular weight is 268 g/mol. The van der Waals surface area contributed by atoms with Crippen molar-refractivity contribution in [2.24, 2.45) is 0 Å². The molecule has 0 aliphatic carbocycles. The largest absolute Gasteiger partial charge is 0.262 e. The van der Waals surface area contributed by atoms with Crippen LogP contribution in [0.15, 0.2) is 21.9 Å². The minimum absolute atomic E-state index is 0.00639. The minimum Gasteiger partial charge on any atom is -0.207 e. The molecule has 14 heavy (non-hydrogen) atoms. The van der Waals surface area contributed by atoms with E-state index in [-0.39, 0.29) is 20.4 Å². The van der Waals surface area contributed by atoms with Gasteiger partial charge in [-0.3, -0.25) is 0 Å². The Labute approximate surface area is 96.1 Å². The number of nitrogens with zero attached hydrogens (tertiary/aromatic N) is 1. The Morgan fingerprint density at radius 1 is 1.43 bits per heavy atom. The van der Waals surface area contributed by atoms with Gasteiger partial charge in [0.05, 0.1) is 10.5 Å². The lowest BCUT2D eigenvalue weighted by Crippen LogP contribution is -1.95. The second-order valence-electron chi connectivity index (χ2n) is 2.35. The first-order valence-electron chi connectivity index (χ1n) is 3.23. The van der Waals surface area contributed by atoms with Crippen molar-refractivity contribution in [3.63, 3.8) is 0 Å². The van der Waals surface area contributed by atoms with Crippen molar-refractivity contribution in [2.45, 2.75) is 9.79 Å². The van der Waals surface area contributed by atoms with Crippen molar-refractivity contribution >= 4 is 44.0 Å². The Balaban J connectivity index is 3.64. The number of hydrogen-bond acceptors (Lipinski definition) is 4. The van der Waals surface area contributed by atoms with Gasteiger partial charge in [-0.1, -0.05) is 11.6 Å². The van der Waals surface area contributed by atoms with E-state index in [4.69, 9.17) is 27.5 Å². The van der Waals surface area contributed by atoms with Gasteiger partial charge in [0.25, 0.3) is 9.05 Å². The molecule has 0 fully saturated rings. The van der Waals surface area contributed by atoms with Crippen molar-refractivity contribution in [3.8, 4) is 6.07 Å². The summed E-state index contributed by atoms with van der Waals surface area (Å²) in [5.41, 5.74) is 0.0695. The van der Waals surface area contributed by atoms with Gasteiger partial charge in [0.1, 0.15) is 6.07 Å². The Kier molecular flexibility index (Phi) is 3.32. The predicted molar refractivity (Wildman–Crippen MR) is 56.5 cm³/mol. The van der Waals surface area contributed by atoms with Crippen LogP contribution in [0.1, 0.15) is 5.56 Å². The second-order valence-corrected chi connectivity index (χ2v) is 5.77. The van der Waals surface area contributed by atoms with E-state index in [1.807, 2.05) is 0 Å². The second kappa shape index (κ2) is 3.99. The maximum absolute atomic E-state index is 11.0. The van der Waals surface area contributed by atoms with Crippen LogP contribution < -0.4 is 0 Å². The highest BCUT2D eigenvalue weighted by Gasteiger charge is 2.17. The van der Waals surface area contributed by atoms with Gasteiger partial charge < -0.3 is 0 Å². The Hall–Kier alpha value is -0.410. The van der Waals surface area contributed by atoms with Crippen LogP contribution in [0.2, 0.25) is 5.02 Å². The van der Waals surface area contributed by atoms with E-state index < -0.39 is 9.05 Å². The molecular formula is C7H3Cl2NO2S2. The van der Waals surface area contributed by atoms with Crippen molar-refractivity contribution in [1.82, 2.24) is 0 Å². The molecule has 7 heteroatoms. The van der Waals surface area contributed by atoms with Crippen LogP contribution in [0.4, 0.5) is 0 Å². The lowest BCUT2D eigenvalue weighted by atomic mass is 10.2. The van der Waals surface area contributed by atoms with Gasteiger partial charge in [-0.05, 0) is 12.1 Å². The Bertz CT molecular complexity index is 519. The molecular weight excluding hydrogens is 265 g/mol. The molecule has 0 N–H and O–H groups in total. The number of halogens is 2. The molecule has 0 saturated heterocycles. The molecule has 0 atom stereocenters. The quantitative estimate of drug-likeness (QED) is 0.628. The molecule has 0 bridgehead atoms. The molecule has 1 rings (SSSR count). The third kappa shape index (κ3) is 2.34. The number of rotatable bonds is 1. The van der Waals surface area contributed by atoms with E-state index in [9.17, 15) is 8.42 Å². The lowest BCUT2D eigenvalue weighted by molar-refractivity contribution is 0.607. The van der Waals surface area contributed by atoms with E-state index in [1.165, 1.54) is 6.07 Å². The monoisotopic (exact) mass is 267 g/mol. The van der Waals surface area contributed by atoms with E-state index in [1.54, 1.807) is 6.07 Å². The highest BCUT2D eigenvalue weighted by molar-refractivity contribution is 8.14. The molecule has 0 amide bonds. The number of thiol groups is 1. The topological polar surface area (TPSA) is 57.9 Å². The molecule has 0 unspecified atom stereocenters. The van der Waals surface area contributed by atoms with Gasteiger partial charge in [-0.15, -0.1) is 12.6 Å². The van der Waals surface area contributed by atoms with E-state index >= 15 is 0 Å². The molecule has 74 valence electrons. The molecule has 3 nitrogen and oxygen atoms in total. The van der Waals surface area contributed by atoms with Gasteiger partial charge in [0.2, 0.25) is 0 Å². The third-order valence-electron chi connectivity index (χ3n) is 1.42. The maximum Gasteiger partial charge on any atom is 0.262 e. The highest BCUT2D eigenvalue weighted by Crippen LogP contribution is 2.29. The summed E-state index contributed by atoms with van der Waals surface area (Å²) in [5, 5.41) is 8.76. The Morgan fingerprint density at radius 3 is 2.43 bits per heavy atom. The molecule has 0 heterocycles. The summed E-state index contributed by atoms with van der Waals surface area (Å²) in [6.07, 6.45) is 0. The molecule has 0 aliphatic heterocycles. The van der Waals surface area contributed by atoms with Crippen LogP contribution in [0.3, 0.4) is 0 Å². The predicted octanol–water partition coefficient (Wildman–Crippen LogP) is 2.43. The number of benzene rings is 1. The smallest absolute Gasteiger partial charge is 0.207 e. The Morgan fingerprint density at radius 2 is 2.00 bits per heavy atom. The molecule has 1 aromatic rings. The summed E-state index contributed by atoms with van der Waals surface area (Å²) in [6, 6.07) is 4.23. The van der Waals surface area contributed by atoms with Gasteiger partial charge in [-0.2, -0.15) is 5.26 Å². The maximum atomic E-state index is 11.0. The SMILES string of the molecule is N#Cc1cc(Cl)cc(S(=O)(=O)Cl)c1S. The summed E-state index contributed by atoms with van der Waals surface area (Å²) in [5.74, 6) is 0. The number of hydrogen-bond donors (Lipinski definition) is 1. The van der Waals surface area contributed by atoms with Crippen LogP contribution >= 0.6 is 34.9 Å². The van der Waals surface area contributed by atoms with Crippen LogP contribution in [0.25, 0.3) is 0 Å². The first kappa shape index (κ1) is 11.7. The van der Waals surface area contributed by atoms with Crippen LogP contribution in [0.5, 0.6) is 0 Å². The van der Waals surface area contributed by atoms with Crippen LogP contribution in [-0.2, 0) is 9.05 Å². The van der Waals surface area contributed by atoms with Gasteiger partial charge in [0, 0.05) is 20.6 Å². The number of nitriles is 1.